The number of oxazole rings is 1. The second-order valence-corrected chi connectivity index (χ2v) is 7.15. The van der Waals surface area contributed by atoms with E-state index >= 15 is 0 Å². The molecule has 0 N–H and O–H groups in total. The number of nitrogens with zero attached hydrogens (tertiary/aromatic N) is 3. The van der Waals surface area contributed by atoms with Gasteiger partial charge in [0.15, 0.2) is 12.3 Å². The van der Waals surface area contributed by atoms with Crippen LogP contribution in [0.3, 0.4) is 0 Å². The Morgan fingerprint density at radius 3 is 2.43 bits per heavy atom. The molecule has 0 saturated carbocycles. The summed E-state index contributed by atoms with van der Waals surface area (Å²) in [4.78, 5) is 21.0. The average Bonchev–Trinajstić information content (AvgIpc) is 3.39. The number of benzene rings is 2. The van der Waals surface area contributed by atoms with Crippen LogP contribution in [0.4, 0.5) is 0 Å². The Labute approximate surface area is 173 Å². The molecule has 2 heterocycles. The molecule has 7 nitrogen and oxygen atoms in total. The molecule has 30 heavy (non-hydrogen) atoms. The molecule has 4 aromatic rings. The Hall–Kier alpha value is -3.74. The average molecular weight is 403 g/mol. The van der Waals surface area contributed by atoms with E-state index in [-0.39, 0.29) is 18.2 Å². The summed E-state index contributed by atoms with van der Waals surface area (Å²) >= 11 is 0. The third-order valence-corrected chi connectivity index (χ3v) is 4.64. The SMILES string of the molecule is Cc1oc(-c2ccccc2)nc1C(=O)OCc1nc(-c2ccc(C(C)C)cc2)no1. The molecule has 0 unspecified atom stereocenters. The summed E-state index contributed by atoms with van der Waals surface area (Å²) in [5.41, 5.74) is 2.97. The van der Waals surface area contributed by atoms with Crippen LogP contribution in [0.5, 0.6) is 0 Å². The summed E-state index contributed by atoms with van der Waals surface area (Å²) < 4.78 is 16.1. The Bertz CT molecular complexity index is 1140. The van der Waals surface area contributed by atoms with Gasteiger partial charge in [-0.3, -0.25) is 0 Å². The van der Waals surface area contributed by atoms with Gasteiger partial charge in [-0.15, -0.1) is 0 Å². The molecule has 0 fully saturated rings. The summed E-state index contributed by atoms with van der Waals surface area (Å²) in [6, 6.07) is 17.3. The fourth-order valence-electron chi connectivity index (χ4n) is 2.93. The topological polar surface area (TPSA) is 91.2 Å². The van der Waals surface area contributed by atoms with E-state index in [4.69, 9.17) is 13.7 Å². The minimum Gasteiger partial charge on any atom is -0.451 e. The van der Waals surface area contributed by atoms with Gasteiger partial charge >= 0.3 is 5.97 Å². The minimum absolute atomic E-state index is 0.123. The van der Waals surface area contributed by atoms with Gasteiger partial charge in [0.1, 0.15) is 5.76 Å². The number of ether oxygens (including phenoxy) is 1. The highest BCUT2D eigenvalue weighted by Crippen LogP contribution is 2.23. The van der Waals surface area contributed by atoms with Crippen LogP contribution in [0.15, 0.2) is 63.5 Å². The minimum atomic E-state index is -0.612. The van der Waals surface area contributed by atoms with Crippen molar-refractivity contribution in [1.82, 2.24) is 15.1 Å². The first-order valence-corrected chi connectivity index (χ1v) is 9.64. The van der Waals surface area contributed by atoms with Crippen molar-refractivity contribution in [1.29, 1.82) is 0 Å². The van der Waals surface area contributed by atoms with E-state index < -0.39 is 5.97 Å². The number of hydrogen-bond acceptors (Lipinski definition) is 7. The Morgan fingerprint density at radius 1 is 1.00 bits per heavy atom. The number of aryl methyl sites for hydroxylation is 1. The zero-order valence-corrected chi connectivity index (χ0v) is 17.0. The Morgan fingerprint density at radius 2 is 1.73 bits per heavy atom. The maximum Gasteiger partial charge on any atom is 0.361 e. The second-order valence-electron chi connectivity index (χ2n) is 7.15. The molecule has 2 aromatic heterocycles. The smallest absolute Gasteiger partial charge is 0.361 e. The molecular formula is C23H21N3O4. The van der Waals surface area contributed by atoms with Gasteiger partial charge < -0.3 is 13.7 Å². The standard InChI is InChI=1S/C23H21N3O4/c1-14(2)16-9-11-17(12-10-16)21-24-19(30-26-21)13-28-23(27)20-15(3)29-22(25-20)18-7-5-4-6-8-18/h4-12,14H,13H2,1-3H3. The molecule has 0 spiro atoms. The first kappa shape index (κ1) is 19.6. The maximum atomic E-state index is 12.4. The molecule has 4 rings (SSSR count). The zero-order chi connectivity index (χ0) is 21.1. The van der Waals surface area contributed by atoms with Gasteiger partial charge in [0.05, 0.1) is 0 Å². The predicted molar refractivity (Wildman–Crippen MR) is 110 cm³/mol. The van der Waals surface area contributed by atoms with E-state index in [1.165, 1.54) is 5.56 Å². The van der Waals surface area contributed by atoms with Crippen LogP contribution in [-0.4, -0.2) is 21.1 Å². The third kappa shape index (κ3) is 4.15. The quantitative estimate of drug-likeness (QED) is 0.410. The fraction of sp³-hybridized carbons (Fsp3) is 0.217. The maximum absolute atomic E-state index is 12.4. The molecular weight excluding hydrogens is 382 g/mol. The molecule has 7 heteroatoms. The van der Waals surface area contributed by atoms with Gasteiger partial charge in [-0.1, -0.05) is 61.5 Å². The number of aromatic nitrogens is 3. The summed E-state index contributed by atoms with van der Waals surface area (Å²) in [5.74, 6) is 1.23. The molecule has 152 valence electrons. The number of carbonyl (C=O) groups excluding carboxylic acids is 1. The summed E-state index contributed by atoms with van der Waals surface area (Å²) in [6.45, 7) is 5.79. The lowest BCUT2D eigenvalue weighted by molar-refractivity contribution is 0.0421. The lowest BCUT2D eigenvalue weighted by Gasteiger charge is -2.04. The van der Waals surface area contributed by atoms with E-state index in [1.54, 1.807) is 6.92 Å². The van der Waals surface area contributed by atoms with Crippen molar-refractivity contribution in [3.8, 4) is 22.8 Å². The molecule has 0 aliphatic carbocycles. The highest BCUT2D eigenvalue weighted by Gasteiger charge is 2.20. The predicted octanol–water partition coefficient (Wildman–Crippen LogP) is 5.18. The molecule has 0 aliphatic rings. The first-order chi connectivity index (χ1) is 14.5. The first-order valence-electron chi connectivity index (χ1n) is 9.64. The summed E-state index contributed by atoms with van der Waals surface area (Å²) in [7, 11) is 0. The fourth-order valence-corrected chi connectivity index (χ4v) is 2.93. The number of hydrogen-bond donors (Lipinski definition) is 0. The highest BCUT2D eigenvalue weighted by atomic mass is 16.6. The van der Waals surface area contributed by atoms with Gasteiger partial charge in [0.2, 0.25) is 11.7 Å². The molecule has 0 atom stereocenters. The van der Waals surface area contributed by atoms with Crippen molar-refractivity contribution in [2.75, 3.05) is 0 Å². The molecule has 0 aliphatic heterocycles. The molecule has 0 amide bonds. The van der Waals surface area contributed by atoms with Crippen LogP contribution >= 0.6 is 0 Å². The van der Waals surface area contributed by atoms with Crippen molar-refractivity contribution in [2.45, 2.75) is 33.3 Å². The number of rotatable bonds is 6. The lowest BCUT2D eigenvalue weighted by Crippen LogP contribution is -2.07. The van der Waals surface area contributed by atoms with Crippen LogP contribution < -0.4 is 0 Å². The number of esters is 1. The normalized spacial score (nSPS) is 11.1. The second kappa shape index (κ2) is 8.32. The van der Waals surface area contributed by atoms with E-state index in [0.29, 0.717) is 23.4 Å². The Kier molecular flexibility index (Phi) is 5.43. The third-order valence-electron chi connectivity index (χ3n) is 4.64. The van der Waals surface area contributed by atoms with Gasteiger partial charge in [0, 0.05) is 11.1 Å². The lowest BCUT2D eigenvalue weighted by atomic mass is 10.0. The van der Waals surface area contributed by atoms with Gasteiger partial charge in [-0.05, 0) is 30.5 Å². The van der Waals surface area contributed by atoms with Crippen LogP contribution in [0.25, 0.3) is 22.8 Å². The molecule has 0 bridgehead atoms. The van der Waals surface area contributed by atoms with Crippen molar-refractivity contribution in [2.24, 2.45) is 0 Å². The van der Waals surface area contributed by atoms with Crippen molar-refractivity contribution in [3.05, 3.63) is 77.5 Å². The zero-order valence-electron chi connectivity index (χ0n) is 17.0. The molecule has 0 radical (unpaired) electrons. The number of carbonyl (C=O) groups is 1. The van der Waals surface area contributed by atoms with Gasteiger partial charge in [-0.2, -0.15) is 4.98 Å². The van der Waals surface area contributed by atoms with Gasteiger partial charge in [0.25, 0.3) is 5.89 Å². The Balaban J connectivity index is 1.42. The molecule has 2 aromatic carbocycles. The van der Waals surface area contributed by atoms with E-state index in [2.05, 4.69) is 29.0 Å². The largest absolute Gasteiger partial charge is 0.451 e. The van der Waals surface area contributed by atoms with E-state index in [1.807, 2.05) is 54.6 Å². The van der Waals surface area contributed by atoms with Crippen LogP contribution in [0.1, 0.15) is 47.5 Å². The van der Waals surface area contributed by atoms with Crippen molar-refractivity contribution in [3.63, 3.8) is 0 Å². The van der Waals surface area contributed by atoms with E-state index in [0.717, 1.165) is 11.1 Å². The van der Waals surface area contributed by atoms with Crippen molar-refractivity contribution >= 4 is 5.97 Å². The van der Waals surface area contributed by atoms with Gasteiger partial charge in [-0.25, -0.2) is 9.78 Å². The van der Waals surface area contributed by atoms with Crippen LogP contribution in [0, 0.1) is 6.92 Å². The highest BCUT2D eigenvalue weighted by molar-refractivity contribution is 5.88. The van der Waals surface area contributed by atoms with Crippen LogP contribution in [-0.2, 0) is 11.3 Å². The monoisotopic (exact) mass is 403 g/mol. The summed E-state index contributed by atoms with van der Waals surface area (Å²) in [5, 5.41) is 3.96. The summed E-state index contributed by atoms with van der Waals surface area (Å²) in [6.07, 6.45) is 0. The molecule has 0 saturated heterocycles. The van der Waals surface area contributed by atoms with E-state index in [9.17, 15) is 4.79 Å². The van der Waals surface area contributed by atoms with Crippen molar-refractivity contribution < 1.29 is 18.5 Å². The van der Waals surface area contributed by atoms with Crippen LogP contribution in [0.2, 0.25) is 0 Å².